The molecular formula is C33H36BrP. The van der Waals surface area contributed by atoms with Gasteiger partial charge in [-0.3, -0.25) is 0 Å². The van der Waals surface area contributed by atoms with Gasteiger partial charge < -0.3 is 17.0 Å². The summed E-state index contributed by atoms with van der Waals surface area (Å²) in [6.45, 7) is 12.0. The van der Waals surface area contributed by atoms with Gasteiger partial charge in [0, 0.05) is 0 Å². The van der Waals surface area contributed by atoms with E-state index in [9.17, 15) is 0 Å². The van der Waals surface area contributed by atoms with Crippen LogP contribution in [0, 0.1) is 6.92 Å². The molecule has 1 aliphatic carbocycles. The van der Waals surface area contributed by atoms with E-state index in [1.165, 1.54) is 50.8 Å². The lowest BCUT2D eigenvalue weighted by atomic mass is 9.63. The Balaban J connectivity index is 0.00000289. The van der Waals surface area contributed by atoms with Gasteiger partial charge in [0.15, 0.2) is 0 Å². The zero-order chi connectivity index (χ0) is 24.0. The van der Waals surface area contributed by atoms with Crippen molar-refractivity contribution >= 4 is 28.5 Å². The van der Waals surface area contributed by atoms with Crippen LogP contribution in [-0.2, 0) is 10.8 Å². The van der Waals surface area contributed by atoms with E-state index < -0.39 is 7.26 Å². The van der Waals surface area contributed by atoms with Crippen LogP contribution >= 0.6 is 7.26 Å². The predicted molar refractivity (Wildman–Crippen MR) is 151 cm³/mol. The lowest BCUT2D eigenvalue weighted by Crippen LogP contribution is -3.00. The van der Waals surface area contributed by atoms with E-state index in [0.29, 0.717) is 0 Å². The van der Waals surface area contributed by atoms with Crippen molar-refractivity contribution < 1.29 is 17.0 Å². The first kappa shape index (κ1) is 25.9. The fraction of sp³-hybridized carbons (Fsp3) is 0.273. The summed E-state index contributed by atoms with van der Waals surface area (Å²) in [7, 11) is -2.09. The molecule has 0 heterocycles. The average Bonchev–Trinajstić information content (AvgIpc) is 2.85. The summed E-state index contributed by atoms with van der Waals surface area (Å²) in [6.07, 6.45) is 2.46. The molecule has 2 heteroatoms. The molecule has 5 rings (SSSR count). The first-order valence-electron chi connectivity index (χ1n) is 12.5. The van der Waals surface area contributed by atoms with Crippen molar-refractivity contribution in [3.05, 3.63) is 120 Å². The molecule has 0 spiro atoms. The number of hydrogen-bond donors (Lipinski definition) is 0. The quantitative estimate of drug-likeness (QED) is 0.342. The summed E-state index contributed by atoms with van der Waals surface area (Å²) in [5, 5.41) is 5.76. The van der Waals surface area contributed by atoms with Gasteiger partial charge in [-0.15, -0.1) is 0 Å². The van der Waals surface area contributed by atoms with Gasteiger partial charge in [-0.1, -0.05) is 88.4 Å². The summed E-state index contributed by atoms with van der Waals surface area (Å²) in [4.78, 5) is 0. The van der Waals surface area contributed by atoms with E-state index in [4.69, 9.17) is 0 Å². The lowest BCUT2D eigenvalue weighted by Gasteiger charge is -2.42. The van der Waals surface area contributed by atoms with Crippen molar-refractivity contribution in [3.63, 3.8) is 0 Å². The van der Waals surface area contributed by atoms with Crippen molar-refractivity contribution in [2.75, 3.05) is 0 Å². The van der Waals surface area contributed by atoms with Crippen LogP contribution in [0.1, 0.15) is 57.2 Å². The Morgan fingerprint density at radius 1 is 0.543 bits per heavy atom. The standard InChI is InChI=1S/C33H36P.BrH/c1-25-14-12-13-19-31(25)34(26-15-8-6-9-16-26,27-17-10-7-11-18-27)28-20-21-29-30(24-28)33(4,5)23-22-32(29,2)3;/h6-21,24H,22-23H2,1-5H3;1H/q+1;/p-1. The minimum absolute atomic E-state index is 0. The maximum atomic E-state index is 2.59. The van der Waals surface area contributed by atoms with Gasteiger partial charge in [0.05, 0.1) is 0 Å². The molecule has 0 aliphatic heterocycles. The third-order valence-corrected chi connectivity index (χ3v) is 12.4. The topological polar surface area (TPSA) is 0 Å². The third kappa shape index (κ3) is 4.32. The molecular weight excluding hydrogens is 507 g/mol. The van der Waals surface area contributed by atoms with E-state index in [2.05, 4.69) is 138 Å². The zero-order valence-corrected chi connectivity index (χ0v) is 24.0. The molecule has 180 valence electrons. The van der Waals surface area contributed by atoms with Crippen molar-refractivity contribution in [1.82, 2.24) is 0 Å². The highest BCUT2D eigenvalue weighted by molar-refractivity contribution is 8.01. The SMILES string of the molecule is Cc1ccccc1[P+](c1ccccc1)(c1ccccc1)c1ccc2c(c1)C(C)(C)CCC2(C)C.[Br-]. The van der Waals surface area contributed by atoms with Crippen LogP contribution < -0.4 is 38.2 Å². The number of fused-ring (bicyclic) bond motifs is 1. The van der Waals surface area contributed by atoms with Crippen molar-refractivity contribution in [3.8, 4) is 0 Å². The van der Waals surface area contributed by atoms with E-state index in [1.54, 1.807) is 0 Å². The fourth-order valence-corrected chi connectivity index (χ4v) is 10.4. The summed E-state index contributed by atoms with van der Waals surface area (Å²) in [5.74, 6) is 0. The summed E-state index contributed by atoms with van der Waals surface area (Å²) in [6, 6.07) is 39.0. The van der Waals surface area contributed by atoms with Gasteiger partial charge in [-0.2, -0.15) is 0 Å². The Morgan fingerprint density at radius 3 is 1.57 bits per heavy atom. The van der Waals surface area contributed by atoms with Gasteiger partial charge in [0.2, 0.25) is 0 Å². The Labute approximate surface area is 222 Å². The average molecular weight is 544 g/mol. The second kappa shape index (κ2) is 9.68. The molecule has 4 aromatic rings. The number of hydrogen-bond acceptors (Lipinski definition) is 0. The highest BCUT2D eigenvalue weighted by Gasteiger charge is 2.50. The molecule has 35 heavy (non-hydrogen) atoms. The summed E-state index contributed by atoms with van der Waals surface area (Å²) < 4.78 is 0. The van der Waals surface area contributed by atoms with Gasteiger partial charge in [0.1, 0.15) is 28.5 Å². The van der Waals surface area contributed by atoms with Gasteiger partial charge in [-0.25, -0.2) is 0 Å². The second-order valence-electron chi connectivity index (χ2n) is 11.1. The smallest absolute Gasteiger partial charge is 0.144 e. The van der Waals surface area contributed by atoms with E-state index in [1.807, 2.05) is 0 Å². The van der Waals surface area contributed by atoms with Gasteiger partial charge in [0.25, 0.3) is 0 Å². The molecule has 0 fully saturated rings. The normalized spacial score (nSPS) is 16.1. The summed E-state index contributed by atoms with van der Waals surface area (Å²) >= 11 is 0. The molecule has 0 amide bonds. The largest absolute Gasteiger partial charge is 1.00 e. The van der Waals surface area contributed by atoms with Crippen molar-refractivity contribution in [2.24, 2.45) is 0 Å². The molecule has 0 atom stereocenters. The van der Waals surface area contributed by atoms with Crippen molar-refractivity contribution in [1.29, 1.82) is 0 Å². The van der Waals surface area contributed by atoms with Crippen molar-refractivity contribution in [2.45, 2.75) is 58.3 Å². The van der Waals surface area contributed by atoms with E-state index in [-0.39, 0.29) is 27.8 Å². The van der Waals surface area contributed by atoms with Crippen LogP contribution in [0.3, 0.4) is 0 Å². The monoisotopic (exact) mass is 542 g/mol. The molecule has 4 aromatic carbocycles. The highest BCUT2D eigenvalue weighted by Crippen LogP contribution is 2.56. The molecule has 0 saturated carbocycles. The Bertz CT molecular complexity index is 1270. The second-order valence-corrected chi connectivity index (χ2v) is 14.5. The van der Waals surface area contributed by atoms with E-state index in [0.717, 1.165) is 0 Å². The van der Waals surface area contributed by atoms with Crippen LogP contribution in [0.5, 0.6) is 0 Å². The number of aryl methyl sites for hydroxylation is 1. The fourth-order valence-electron chi connectivity index (χ4n) is 5.89. The van der Waals surface area contributed by atoms with Crippen LogP contribution in [0.15, 0.2) is 103 Å². The molecule has 0 N–H and O–H groups in total. The van der Waals surface area contributed by atoms with Crippen LogP contribution in [0.4, 0.5) is 0 Å². The Hall–Kier alpha value is -2.21. The molecule has 0 aromatic heterocycles. The maximum absolute atomic E-state index is 2.59. The Kier molecular flexibility index (Phi) is 7.16. The molecule has 0 radical (unpaired) electrons. The first-order valence-corrected chi connectivity index (χ1v) is 14.3. The number of halogens is 1. The van der Waals surface area contributed by atoms with Crippen LogP contribution in [0.2, 0.25) is 0 Å². The molecule has 0 unspecified atom stereocenters. The van der Waals surface area contributed by atoms with Gasteiger partial charge in [-0.05, 0) is 89.8 Å². The minimum atomic E-state index is -2.09. The van der Waals surface area contributed by atoms with Crippen LogP contribution in [-0.4, -0.2) is 0 Å². The van der Waals surface area contributed by atoms with Crippen LogP contribution in [0.25, 0.3) is 0 Å². The number of rotatable bonds is 4. The highest BCUT2D eigenvalue weighted by atomic mass is 79.9. The van der Waals surface area contributed by atoms with E-state index >= 15 is 0 Å². The predicted octanol–water partition coefficient (Wildman–Crippen LogP) is 3.97. The van der Waals surface area contributed by atoms with Gasteiger partial charge >= 0.3 is 0 Å². The Morgan fingerprint density at radius 2 is 1.03 bits per heavy atom. The maximum Gasteiger partial charge on any atom is 0.144 e. The summed E-state index contributed by atoms with van der Waals surface area (Å²) in [5.41, 5.74) is 4.81. The first-order chi connectivity index (χ1) is 16.3. The molecule has 0 bridgehead atoms. The molecule has 0 saturated heterocycles. The molecule has 1 aliphatic rings. The number of benzene rings is 4. The third-order valence-electron chi connectivity index (χ3n) is 7.99. The minimum Gasteiger partial charge on any atom is -1.00 e. The zero-order valence-electron chi connectivity index (χ0n) is 21.6. The molecule has 0 nitrogen and oxygen atoms in total. The lowest BCUT2D eigenvalue weighted by molar-refractivity contribution is -0.00000727.